The maximum Gasteiger partial charge on any atom is 0.264 e. The molecule has 0 saturated heterocycles. The third-order valence-corrected chi connectivity index (χ3v) is 6.62. The van der Waals surface area contributed by atoms with Crippen molar-refractivity contribution in [3.8, 4) is 11.5 Å². The third-order valence-electron chi connectivity index (χ3n) is 4.81. The first-order valence-corrected chi connectivity index (χ1v) is 10.7. The molecule has 0 fully saturated rings. The lowest BCUT2D eigenvalue weighted by molar-refractivity contribution is 0.482. The lowest BCUT2D eigenvalue weighted by Crippen LogP contribution is -2.32. The first-order valence-electron chi connectivity index (χ1n) is 9.28. The van der Waals surface area contributed by atoms with Crippen molar-refractivity contribution in [2.24, 2.45) is 0 Å². The zero-order chi connectivity index (χ0) is 19.6. The fourth-order valence-electron chi connectivity index (χ4n) is 3.42. The summed E-state index contributed by atoms with van der Waals surface area (Å²) >= 11 is 0. The number of benzene rings is 3. The van der Waals surface area contributed by atoms with E-state index >= 15 is 0 Å². The average molecular weight is 394 g/mol. The number of nitrogens with two attached hydrogens (primary N) is 1. The van der Waals surface area contributed by atoms with Gasteiger partial charge in [-0.15, -0.1) is 0 Å². The highest BCUT2D eigenvalue weighted by molar-refractivity contribution is 7.92. The molecule has 0 unspecified atom stereocenters. The van der Waals surface area contributed by atoms with Crippen LogP contribution in [0.15, 0.2) is 77.7 Å². The summed E-state index contributed by atoms with van der Waals surface area (Å²) in [6, 6.07) is 21.6. The number of rotatable bonds is 4. The molecule has 4 rings (SSSR count). The molecule has 2 N–H and O–H groups in total. The van der Waals surface area contributed by atoms with Crippen LogP contribution in [0.3, 0.4) is 0 Å². The Kier molecular flexibility index (Phi) is 4.96. The number of hydrogen-bond acceptors (Lipinski definition) is 4. The molecule has 6 heteroatoms. The number of nitrogens with zero attached hydrogens (tertiary/aromatic N) is 1. The van der Waals surface area contributed by atoms with Crippen molar-refractivity contribution in [2.75, 3.05) is 16.6 Å². The molecule has 144 valence electrons. The second-order valence-electron chi connectivity index (χ2n) is 6.81. The minimum atomic E-state index is -3.71. The first-order chi connectivity index (χ1) is 13.5. The van der Waals surface area contributed by atoms with Gasteiger partial charge in [-0.1, -0.05) is 30.3 Å². The molecule has 28 heavy (non-hydrogen) atoms. The molecule has 0 aliphatic carbocycles. The summed E-state index contributed by atoms with van der Waals surface area (Å²) in [5.41, 5.74) is 7.92. The highest BCUT2D eigenvalue weighted by atomic mass is 32.2. The summed E-state index contributed by atoms with van der Waals surface area (Å²) in [6.45, 7) is 0.429. The normalized spacial score (nSPS) is 14.2. The van der Waals surface area contributed by atoms with Crippen LogP contribution in [0.2, 0.25) is 0 Å². The fourth-order valence-corrected chi connectivity index (χ4v) is 5.01. The second kappa shape index (κ2) is 7.56. The van der Waals surface area contributed by atoms with Gasteiger partial charge in [-0.05, 0) is 61.2 Å². The largest absolute Gasteiger partial charge is 0.457 e. The van der Waals surface area contributed by atoms with Crippen molar-refractivity contribution in [3.63, 3.8) is 0 Å². The minimum Gasteiger partial charge on any atom is -0.457 e. The summed E-state index contributed by atoms with van der Waals surface area (Å²) in [4.78, 5) is 0.203. The molecule has 0 radical (unpaired) electrons. The van der Waals surface area contributed by atoms with Gasteiger partial charge in [-0.25, -0.2) is 8.42 Å². The van der Waals surface area contributed by atoms with Crippen LogP contribution in [0.1, 0.15) is 18.4 Å². The van der Waals surface area contributed by atoms with E-state index < -0.39 is 10.0 Å². The molecule has 0 bridgehead atoms. The Bertz CT molecular complexity index is 1080. The van der Waals surface area contributed by atoms with Gasteiger partial charge in [0.05, 0.1) is 10.6 Å². The number of para-hydroxylation sites is 1. The molecule has 0 atom stereocenters. The predicted octanol–water partition coefficient (Wildman–Crippen LogP) is 4.59. The van der Waals surface area contributed by atoms with Crippen molar-refractivity contribution < 1.29 is 13.2 Å². The number of sulfonamides is 1. The highest BCUT2D eigenvalue weighted by Gasteiger charge is 2.28. The zero-order valence-electron chi connectivity index (χ0n) is 15.4. The zero-order valence-corrected chi connectivity index (χ0v) is 16.2. The van der Waals surface area contributed by atoms with Crippen molar-refractivity contribution in [1.82, 2.24) is 0 Å². The van der Waals surface area contributed by atoms with Crippen LogP contribution in [0.25, 0.3) is 0 Å². The van der Waals surface area contributed by atoms with Crippen LogP contribution in [-0.2, 0) is 16.4 Å². The van der Waals surface area contributed by atoms with Crippen LogP contribution < -0.4 is 14.8 Å². The van der Waals surface area contributed by atoms with Crippen molar-refractivity contribution in [2.45, 2.75) is 24.2 Å². The van der Waals surface area contributed by atoms with Crippen molar-refractivity contribution >= 4 is 21.4 Å². The molecule has 5 nitrogen and oxygen atoms in total. The van der Waals surface area contributed by atoms with E-state index in [4.69, 9.17) is 10.5 Å². The van der Waals surface area contributed by atoms with Crippen LogP contribution >= 0.6 is 0 Å². The van der Waals surface area contributed by atoms with Gasteiger partial charge in [-0.2, -0.15) is 0 Å². The van der Waals surface area contributed by atoms with Gasteiger partial charge < -0.3 is 10.5 Å². The first kappa shape index (κ1) is 18.4. The standard InChI is InChI=1S/C22H22N2O3S/c23-18-8-6-11-21(15-18)28(25,26)24-14-5-4-7-17-12-13-20(16-22(17)24)27-19-9-2-1-3-10-19/h1-3,6,8-13,15-16H,4-5,7,14,23H2. The molecule has 0 saturated carbocycles. The topological polar surface area (TPSA) is 72.6 Å². The SMILES string of the molecule is Nc1cccc(S(=O)(=O)N2CCCCc3ccc(Oc4ccccc4)cc32)c1. The summed E-state index contributed by atoms with van der Waals surface area (Å²) < 4.78 is 34.1. The molecule has 3 aromatic rings. The van der Waals surface area contributed by atoms with E-state index in [1.807, 2.05) is 48.5 Å². The van der Waals surface area contributed by atoms with Crippen molar-refractivity contribution in [3.05, 3.63) is 78.4 Å². The molecule has 1 aliphatic rings. The van der Waals surface area contributed by atoms with Crippen LogP contribution in [0.5, 0.6) is 11.5 Å². The number of anilines is 2. The molecule has 0 aromatic heterocycles. The lowest BCUT2D eigenvalue weighted by Gasteiger charge is -2.25. The number of ether oxygens (including phenoxy) is 1. The highest BCUT2D eigenvalue weighted by Crippen LogP contribution is 2.35. The van der Waals surface area contributed by atoms with E-state index in [0.717, 1.165) is 24.8 Å². The van der Waals surface area contributed by atoms with Gasteiger partial charge in [0.15, 0.2) is 0 Å². The Hall–Kier alpha value is -2.99. The second-order valence-corrected chi connectivity index (χ2v) is 8.67. The summed E-state index contributed by atoms with van der Waals surface area (Å²) in [5, 5.41) is 0. The van der Waals surface area contributed by atoms with Gasteiger partial charge in [-0.3, -0.25) is 4.31 Å². The van der Waals surface area contributed by atoms with Gasteiger partial charge in [0, 0.05) is 18.3 Å². The van der Waals surface area contributed by atoms with E-state index in [1.54, 1.807) is 18.2 Å². The third kappa shape index (κ3) is 3.68. The van der Waals surface area contributed by atoms with Gasteiger partial charge in [0.2, 0.25) is 0 Å². The quantitative estimate of drug-likeness (QED) is 0.657. The van der Waals surface area contributed by atoms with Crippen LogP contribution in [0, 0.1) is 0 Å². The summed E-state index contributed by atoms with van der Waals surface area (Å²) in [7, 11) is -3.71. The van der Waals surface area contributed by atoms with E-state index in [-0.39, 0.29) is 4.90 Å². The molecule has 0 amide bonds. The Morgan fingerprint density at radius 3 is 2.46 bits per heavy atom. The molecule has 3 aromatic carbocycles. The Labute approximate surface area is 165 Å². The summed E-state index contributed by atoms with van der Waals surface area (Å²) in [6.07, 6.45) is 2.57. The minimum absolute atomic E-state index is 0.203. The smallest absolute Gasteiger partial charge is 0.264 e. The monoisotopic (exact) mass is 394 g/mol. The maximum atomic E-state index is 13.4. The number of aryl methyl sites for hydroxylation is 1. The average Bonchev–Trinajstić information content (AvgIpc) is 2.91. The lowest BCUT2D eigenvalue weighted by atomic mass is 10.1. The van der Waals surface area contributed by atoms with Crippen LogP contribution in [-0.4, -0.2) is 15.0 Å². The molecular weight excluding hydrogens is 372 g/mol. The van der Waals surface area contributed by atoms with Crippen LogP contribution in [0.4, 0.5) is 11.4 Å². The van der Waals surface area contributed by atoms with Crippen molar-refractivity contribution in [1.29, 1.82) is 0 Å². The predicted molar refractivity (Wildman–Crippen MR) is 111 cm³/mol. The van der Waals surface area contributed by atoms with E-state index in [0.29, 0.717) is 29.4 Å². The van der Waals surface area contributed by atoms with E-state index in [9.17, 15) is 8.42 Å². The molecule has 1 aliphatic heterocycles. The van der Waals surface area contributed by atoms with E-state index in [1.165, 1.54) is 10.4 Å². The maximum absolute atomic E-state index is 13.4. The Morgan fingerprint density at radius 2 is 1.68 bits per heavy atom. The fraction of sp³-hybridized carbons (Fsp3) is 0.182. The number of nitrogen functional groups attached to an aromatic ring is 1. The summed E-state index contributed by atoms with van der Waals surface area (Å²) in [5.74, 6) is 1.32. The Balaban J connectivity index is 1.75. The van der Waals surface area contributed by atoms with E-state index in [2.05, 4.69) is 0 Å². The van der Waals surface area contributed by atoms with Gasteiger partial charge in [0.25, 0.3) is 10.0 Å². The molecule has 1 heterocycles. The Morgan fingerprint density at radius 1 is 0.857 bits per heavy atom. The van der Waals surface area contributed by atoms with Gasteiger partial charge >= 0.3 is 0 Å². The molecular formula is C22H22N2O3S. The van der Waals surface area contributed by atoms with Gasteiger partial charge in [0.1, 0.15) is 11.5 Å². The number of fused-ring (bicyclic) bond motifs is 1. The number of hydrogen-bond donors (Lipinski definition) is 1. The molecule has 0 spiro atoms.